The van der Waals surface area contributed by atoms with Crippen molar-refractivity contribution < 1.29 is 14.3 Å². The van der Waals surface area contributed by atoms with Gasteiger partial charge in [-0.3, -0.25) is 4.79 Å². The standard InChI is InChI=1S/C15H18FNO2/c1-2-3-15(19)17-9-8-13(14(18)10-17)11-4-6-12(16)7-5-11/h2,4-7,13-14,18H,1,3,8-10H2/t13-,14+/m0/s1. The summed E-state index contributed by atoms with van der Waals surface area (Å²) in [5.74, 6) is -0.322. The van der Waals surface area contributed by atoms with Crippen molar-refractivity contribution >= 4 is 5.91 Å². The molecule has 1 saturated heterocycles. The van der Waals surface area contributed by atoms with Crippen molar-refractivity contribution in [2.45, 2.75) is 24.9 Å². The van der Waals surface area contributed by atoms with Crippen molar-refractivity contribution in [1.29, 1.82) is 0 Å². The van der Waals surface area contributed by atoms with Crippen molar-refractivity contribution in [3.05, 3.63) is 48.3 Å². The molecule has 1 aromatic carbocycles. The highest BCUT2D eigenvalue weighted by Crippen LogP contribution is 2.28. The fourth-order valence-electron chi connectivity index (χ4n) is 2.51. The van der Waals surface area contributed by atoms with Gasteiger partial charge >= 0.3 is 0 Å². The molecule has 4 heteroatoms. The Balaban J connectivity index is 2.02. The molecule has 1 aliphatic rings. The number of carbonyl (C=O) groups excluding carboxylic acids is 1. The molecule has 2 atom stereocenters. The van der Waals surface area contributed by atoms with E-state index in [9.17, 15) is 14.3 Å². The van der Waals surface area contributed by atoms with E-state index in [1.54, 1.807) is 23.1 Å². The lowest BCUT2D eigenvalue weighted by Gasteiger charge is -2.36. The largest absolute Gasteiger partial charge is 0.391 e. The van der Waals surface area contributed by atoms with E-state index in [0.29, 0.717) is 25.9 Å². The van der Waals surface area contributed by atoms with E-state index < -0.39 is 6.10 Å². The number of nitrogens with zero attached hydrogens (tertiary/aromatic N) is 1. The lowest BCUT2D eigenvalue weighted by molar-refractivity contribution is -0.133. The third-order valence-electron chi connectivity index (χ3n) is 3.55. The van der Waals surface area contributed by atoms with Gasteiger partial charge in [0.15, 0.2) is 0 Å². The van der Waals surface area contributed by atoms with E-state index in [-0.39, 0.29) is 17.6 Å². The maximum atomic E-state index is 12.9. The molecular weight excluding hydrogens is 245 g/mol. The molecule has 0 bridgehead atoms. The van der Waals surface area contributed by atoms with Crippen LogP contribution >= 0.6 is 0 Å². The van der Waals surface area contributed by atoms with Gasteiger partial charge < -0.3 is 10.0 Å². The fourth-order valence-corrected chi connectivity index (χ4v) is 2.51. The maximum absolute atomic E-state index is 12.9. The van der Waals surface area contributed by atoms with Gasteiger partial charge in [0, 0.05) is 25.4 Å². The van der Waals surface area contributed by atoms with E-state index in [0.717, 1.165) is 5.56 Å². The Morgan fingerprint density at radius 2 is 2.16 bits per heavy atom. The lowest BCUT2D eigenvalue weighted by atomic mass is 9.87. The average Bonchev–Trinajstić information content (AvgIpc) is 2.40. The molecule has 3 nitrogen and oxygen atoms in total. The van der Waals surface area contributed by atoms with Gasteiger partial charge in [0.2, 0.25) is 5.91 Å². The van der Waals surface area contributed by atoms with E-state index in [2.05, 4.69) is 6.58 Å². The zero-order valence-electron chi connectivity index (χ0n) is 10.8. The monoisotopic (exact) mass is 263 g/mol. The summed E-state index contributed by atoms with van der Waals surface area (Å²) in [6.07, 6.45) is 1.96. The van der Waals surface area contributed by atoms with Crippen molar-refractivity contribution in [3.8, 4) is 0 Å². The molecule has 0 unspecified atom stereocenters. The van der Waals surface area contributed by atoms with Crippen molar-refractivity contribution in [3.63, 3.8) is 0 Å². The summed E-state index contributed by atoms with van der Waals surface area (Å²) in [5, 5.41) is 10.2. The van der Waals surface area contributed by atoms with Crippen molar-refractivity contribution in [2.75, 3.05) is 13.1 Å². The van der Waals surface area contributed by atoms with Crippen LogP contribution < -0.4 is 0 Å². The van der Waals surface area contributed by atoms with E-state index >= 15 is 0 Å². The van der Waals surface area contributed by atoms with Crippen molar-refractivity contribution in [2.24, 2.45) is 0 Å². The van der Waals surface area contributed by atoms with Crippen LogP contribution in [0.2, 0.25) is 0 Å². The molecular formula is C15H18FNO2. The van der Waals surface area contributed by atoms with Gasteiger partial charge in [0.25, 0.3) is 0 Å². The molecule has 1 aromatic rings. The number of aliphatic hydroxyl groups excluding tert-OH is 1. The van der Waals surface area contributed by atoms with Crippen LogP contribution in [0.3, 0.4) is 0 Å². The average molecular weight is 263 g/mol. The van der Waals surface area contributed by atoms with Gasteiger partial charge in [-0.25, -0.2) is 4.39 Å². The highest BCUT2D eigenvalue weighted by Gasteiger charge is 2.30. The number of amides is 1. The first-order valence-electron chi connectivity index (χ1n) is 6.44. The molecule has 1 heterocycles. The van der Waals surface area contributed by atoms with Crippen LogP contribution in [0.15, 0.2) is 36.9 Å². The first-order chi connectivity index (χ1) is 9.11. The number of β-amino-alcohol motifs (C(OH)–C–C–N with tert-alkyl or cyclic N) is 1. The van der Waals surface area contributed by atoms with Gasteiger partial charge in [-0.1, -0.05) is 18.2 Å². The highest BCUT2D eigenvalue weighted by atomic mass is 19.1. The Bertz CT molecular complexity index is 458. The Labute approximate surface area is 112 Å². The second-order valence-electron chi connectivity index (χ2n) is 4.85. The van der Waals surface area contributed by atoms with Gasteiger partial charge in [0.05, 0.1) is 6.10 Å². The predicted molar refractivity (Wildman–Crippen MR) is 71.2 cm³/mol. The van der Waals surface area contributed by atoms with E-state index in [4.69, 9.17) is 0 Å². The number of rotatable bonds is 3. The number of piperidine rings is 1. The smallest absolute Gasteiger partial charge is 0.226 e. The number of benzene rings is 1. The minimum absolute atomic E-state index is 0.00777. The summed E-state index contributed by atoms with van der Waals surface area (Å²) in [6, 6.07) is 6.20. The Morgan fingerprint density at radius 1 is 1.47 bits per heavy atom. The Morgan fingerprint density at radius 3 is 2.74 bits per heavy atom. The Kier molecular flexibility index (Phi) is 4.32. The van der Waals surface area contributed by atoms with E-state index in [1.165, 1.54) is 12.1 Å². The normalized spacial score (nSPS) is 23.2. The van der Waals surface area contributed by atoms with Gasteiger partial charge in [-0.2, -0.15) is 0 Å². The summed E-state index contributed by atoms with van der Waals surface area (Å²) in [4.78, 5) is 13.4. The molecule has 0 aromatic heterocycles. The third-order valence-corrected chi connectivity index (χ3v) is 3.55. The summed E-state index contributed by atoms with van der Waals surface area (Å²) < 4.78 is 12.9. The molecule has 1 amide bonds. The number of hydrogen-bond donors (Lipinski definition) is 1. The molecule has 1 aliphatic heterocycles. The molecule has 1 fully saturated rings. The number of hydrogen-bond acceptors (Lipinski definition) is 2. The van der Waals surface area contributed by atoms with Gasteiger partial charge in [-0.15, -0.1) is 6.58 Å². The van der Waals surface area contributed by atoms with Crippen LogP contribution in [0.5, 0.6) is 0 Å². The quantitative estimate of drug-likeness (QED) is 0.848. The maximum Gasteiger partial charge on any atom is 0.226 e. The number of halogens is 1. The molecule has 0 spiro atoms. The number of carbonyl (C=O) groups is 1. The van der Waals surface area contributed by atoms with Gasteiger partial charge in [-0.05, 0) is 24.1 Å². The summed E-state index contributed by atoms with van der Waals surface area (Å²) >= 11 is 0. The lowest BCUT2D eigenvalue weighted by Crippen LogP contribution is -2.45. The minimum atomic E-state index is -0.604. The second kappa shape index (κ2) is 5.97. The van der Waals surface area contributed by atoms with Crippen LogP contribution in [0.1, 0.15) is 24.3 Å². The first kappa shape index (κ1) is 13.7. The topological polar surface area (TPSA) is 40.5 Å². The molecule has 0 aliphatic carbocycles. The zero-order chi connectivity index (χ0) is 13.8. The SMILES string of the molecule is C=CCC(=O)N1CC[C@@H](c2ccc(F)cc2)[C@H](O)C1. The Hall–Kier alpha value is -1.68. The highest BCUT2D eigenvalue weighted by molar-refractivity contribution is 5.77. The van der Waals surface area contributed by atoms with Crippen LogP contribution in [0, 0.1) is 5.82 Å². The zero-order valence-corrected chi connectivity index (χ0v) is 10.8. The number of likely N-dealkylation sites (tertiary alicyclic amines) is 1. The van der Waals surface area contributed by atoms with Crippen LogP contribution in [0.4, 0.5) is 4.39 Å². The summed E-state index contributed by atoms with van der Waals surface area (Å²) in [6.45, 7) is 4.48. The molecule has 1 N–H and O–H groups in total. The summed E-state index contributed by atoms with van der Waals surface area (Å²) in [5.41, 5.74) is 0.921. The van der Waals surface area contributed by atoms with Crippen LogP contribution in [-0.4, -0.2) is 35.1 Å². The predicted octanol–water partition coefficient (Wildman–Crippen LogP) is 2.08. The van der Waals surface area contributed by atoms with Crippen molar-refractivity contribution in [1.82, 2.24) is 4.90 Å². The van der Waals surface area contributed by atoms with E-state index in [1.807, 2.05) is 0 Å². The summed E-state index contributed by atoms with van der Waals surface area (Å²) in [7, 11) is 0. The van der Waals surface area contributed by atoms with Crippen LogP contribution in [-0.2, 0) is 4.79 Å². The second-order valence-corrected chi connectivity index (χ2v) is 4.85. The molecule has 102 valence electrons. The first-order valence-corrected chi connectivity index (χ1v) is 6.44. The van der Waals surface area contributed by atoms with Crippen LogP contribution in [0.25, 0.3) is 0 Å². The van der Waals surface area contributed by atoms with Gasteiger partial charge in [0.1, 0.15) is 5.82 Å². The fraction of sp³-hybridized carbons (Fsp3) is 0.400. The molecule has 19 heavy (non-hydrogen) atoms. The number of aliphatic hydroxyl groups is 1. The molecule has 0 radical (unpaired) electrons. The minimum Gasteiger partial charge on any atom is -0.391 e. The molecule has 2 rings (SSSR count). The molecule has 0 saturated carbocycles. The third kappa shape index (κ3) is 3.20.